The maximum absolute atomic E-state index is 10.3. The van der Waals surface area contributed by atoms with Crippen molar-refractivity contribution in [3.63, 3.8) is 0 Å². The largest absolute Gasteiger partial charge is 0.386 e. The van der Waals surface area contributed by atoms with Gasteiger partial charge in [-0.05, 0) is 46.6 Å². The summed E-state index contributed by atoms with van der Waals surface area (Å²) in [5.41, 5.74) is 2.89. The van der Waals surface area contributed by atoms with Gasteiger partial charge in [-0.3, -0.25) is 0 Å². The summed E-state index contributed by atoms with van der Waals surface area (Å²) >= 11 is 0. The second-order valence-corrected chi connectivity index (χ2v) is 5.93. The number of benzene rings is 1. The molecule has 1 aliphatic rings. The number of nitrogens with zero attached hydrogens (tertiary/aromatic N) is 1. The van der Waals surface area contributed by atoms with Crippen LogP contribution in [0.2, 0.25) is 0 Å². The summed E-state index contributed by atoms with van der Waals surface area (Å²) < 4.78 is 0. The van der Waals surface area contributed by atoms with Gasteiger partial charge in [0.15, 0.2) is 0 Å². The molecule has 1 unspecified atom stereocenters. The first-order valence-electron chi connectivity index (χ1n) is 6.45. The minimum Gasteiger partial charge on any atom is -0.386 e. The zero-order valence-electron chi connectivity index (χ0n) is 11.5. The highest BCUT2D eigenvalue weighted by Crippen LogP contribution is 2.40. The Balaban J connectivity index is 2.58. The van der Waals surface area contributed by atoms with E-state index in [0.29, 0.717) is 12.1 Å². The minimum atomic E-state index is -0.775. The Hall–Kier alpha value is -1.02. The second kappa shape index (κ2) is 4.02. The van der Waals surface area contributed by atoms with E-state index >= 15 is 0 Å². The molecule has 2 rings (SSSR count). The van der Waals surface area contributed by atoms with Crippen molar-refractivity contribution in [3.05, 3.63) is 29.3 Å². The third kappa shape index (κ3) is 2.06. The molecule has 0 saturated carbocycles. The summed E-state index contributed by atoms with van der Waals surface area (Å²) in [6, 6.07) is 7.28. The van der Waals surface area contributed by atoms with Gasteiger partial charge in [-0.15, -0.1) is 0 Å². The van der Waals surface area contributed by atoms with Crippen molar-refractivity contribution in [2.24, 2.45) is 0 Å². The third-order valence-corrected chi connectivity index (χ3v) is 3.58. The number of para-hydroxylation sites is 1. The molecule has 0 aromatic heterocycles. The Bertz CT molecular complexity index is 417. The van der Waals surface area contributed by atoms with Crippen LogP contribution in [-0.2, 0) is 12.0 Å². The van der Waals surface area contributed by atoms with E-state index in [-0.39, 0.29) is 0 Å². The fourth-order valence-corrected chi connectivity index (χ4v) is 2.96. The SMILES string of the molecule is CC(C)N1c2c(cccc2C(C)(C)O)CC1C. The van der Waals surface area contributed by atoms with Gasteiger partial charge in [-0.2, -0.15) is 0 Å². The molecule has 0 bridgehead atoms. The maximum Gasteiger partial charge on any atom is 0.0860 e. The fourth-order valence-electron chi connectivity index (χ4n) is 2.96. The van der Waals surface area contributed by atoms with E-state index < -0.39 is 5.60 Å². The van der Waals surface area contributed by atoms with Gasteiger partial charge in [-0.25, -0.2) is 0 Å². The molecule has 2 heteroatoms. The molecule has 1 aromatic rings. The summed E-state index contributed by atoms with van der Waals surface area (Å²) in [5.74, 6) is 0. The summed E-state index contributed by atoms with van der Waals surface area (Å²) in [5, 5.41) is 10.3. The Morgan fingerprint density at radius 3 is 2.53 bits per heavy atom. The van der Waals surface area contributed by atoms with E-state index in [1.165, 1.54) is 11.3 Å². The van der Waals surface area contributed by atoms with E-state index in [1.807, 2.05) is 19.9 Å². The topological polar surface area (TPSA) is 23.5 Å². The van der Waals surface area contributed by atoms with E-state index in [0.717, 1.165) is 12.0 Å². The molecule has 0 spiro atoms. The zero-order chi connectivity index (χ0) is 12.8. The zero-order valence-corrected chi connectivity index (χ0v) is 11.5. The molecule has 0 amide bonds. The first kappa shape index (κ1) is 12.4. The van der Waals surface area contributed by atoms with Crippen LogP contribution in [0.25, 0.3) is 0 Å². The van der Waals surface area contributed by atoms with Crippen molar-refractivity contribution >= 4 is 5.69 Å². The van der Waals surface area contributed by atoms with Crippen LogP contribution in [0.3, 0.4) is 0 Å². The van der Waals surface area contributed by atoms with Crippen molar-refractivity contribution in [3.8, 4) is 0 Å². The first-order valence-corrected chi connectivity index (χ1v) is 6.45. The molecule has 1 aliphatic heterocycles. The maximum atomic E-state index is 10.3. The van der Waals surface area contributed by atoms with E-state index in [4.69, 9.17) is 0 Å². The van der Waals surface area contributed by atoms with Crippen LogP contribution in [0.4, 0.5) is 5.69 Å². The molecule has 1 N–H and O–H groups in total. The summed E-state index contributed by atoms with van der Waals surface area (Å²) in [6.07, 6.45) is 1.08. The van der Waals surface area contributed by atoms with Gasteiger partial charge in [0.2, 0.25) is 0 Å². The molecule has 0 fully saturated rings. The van der Waals surface area contributed by atoms with Gasteiger partial charge in [0.1, 0.15) is 0 Å². The molecule has 0 saturated heterocycles. The summed E-state index contributed by atoms with van der Waals surface area (Å²) in [6.45, 7) is 10.4. The van der Waals surface area contributed by atoms with Crippen molar-refractivity contribution in [1.29, 1.82) is 0 Å². The van der Waals surface area contributed by atoms with Gasteiger partial charge in [0, 0.05) is 23.3 Å². The quantitative estimate of drug-likeness (QED) is 0.848. The van der Waals surface area contributed by atoms with Gasteiger partial charge >= 0.3 is 0 Å². The van der Waals surface area contributed by atoms with Crippen LogP contribution in [0, 0.1) is 0 Å². The highest BCUT2D eigenvalue weighted by Gasteiger charge is 2.33. The van der Waals surface area contributed by atoms with Crippen molar-refractivity contribution in [2.75, 3.05) is 4.90 Å². The first-order chi connectivity index (χ1) is 7.82. The molecule has 0 radical (unpaired) electrons. The smallest absolute Gasteiger partial charge is 0.0860 e. The number of fused-ring (bicyclic) bond motifs is 1. The lowest BCUT2D eigenvalue weighted by molar-refractivity contribution is 0.0790. The molecular formula is C15H23NO. The lowest BCUT2D eigenvalue weighted by Crippen LogP contribution is -2.37. The van der Waals surface area contributed by atoms with Crippen LogP contribution in [0.5, 0.6) is 0 Å². The number of anilines is 1. The summed E-state index contributed by atoms with van der Waals surface area (Å²) in [7, 11) is 0. The van der Waals surface area contributed by atoms with Crippen LogP contribution >= 0.6 is 0 Å². The molecule has 17 heavy (non-hydrogen) atoms. The molecule has 1 atom stereocenters. The molecule has 2 nitrogen and oxygen atoms in total. The average Bonchev–Trinajstić information content (AvgIpc) is 2.51. The molecule has 0 aliphatic carbocycles. The van der Waals surface area contributed by atoms with Gasteiger partial charge < -0.3 is 10.0 Å². The minimum absolute atomic E-state index is 0.467. The highest BCUT2D eigenvalue weighted by molar-refractivity contribution is 5.66. The van der Waals surface area contributed by atoms with Crippen LogP contribution < -0.4 is 4.90 Å². The Morgan fingerprint density at radius 1 is 1.35 bits per heavy atom. The molecule has 1 aromatic carbocycles. The standard InChI is InChI=1S/C15H23NO/c1-10(2)16-11(3)9-12-7-6-8-13(14(12)16)15(4,5)17/h6-8,10-11,17H,9H2,1-5H3. The Kier molecular flexibility index (Phi) is 2.94. The van der Waals surface area contributed by atoms with Gasteiger partial charge in [-0.1, -0.05) is 18.2 Å². The van der Waals surface area contributed by atoms with Gasteiger partial charge in [0.05, 0.1) is 5.60 Å². The lowest BCUT2D eigenvalue weighted by Gasteiger charge is -2.33. The van der Waals surface area contributed by atoms with Crippen molar-refractivity contribution < 1.29 is 5.11 Å². The van der Waals surface area contributed by atoms with Crippen LogP contribution in [0.15, 0.2) is 18.2 Å². The van der Waals surface area contributed by atoms with E-state index in [2.05, 4.69) is 37.8 Å². The van der Waals surface area contributed by atoms with Crippen LogP contribution in [0.1, 0.15) is 45.7 Å². The molecular weight excluding hydrogens is 210 g/mol. The van der Waals surface area contributed by atoms with Crippen LogP contribution in [-0.4, -0.2) is 17.2 Å². The second-order valence-electron chi connectivity index (χ2n) is 5.93. The number of hydrogen-bond donors (Lipinski definition) is 1. The van der Waals surface area contributed by atoms with Crippen molar-refractivity contribution in [2.45, 2.75) is 58.7 Å². The number of rotatable bonds is 2. The number of hydrogen-bond acceptors (Lipinski definition) is 2. The third-order valence-electron chi connectivity index (χ3n) is 3.58. The fraction of sp³-hybridized carbons (Fsp3) is 0.600. The molecule has 1 heterocycles. The molecule has 94 valence electrons. The van der Waals surface area contributed by atoms with E-state index in [9.17, 15) is 5.11 Å². The van der Waals surface area contributed by atoms with Gasteiger partial charge in [0.25, 0.3) is 0 Å². The normalized spacial score (nSPS) is 19.9. The Morgan fingerprint density at radius 2 is 2.00 bits per heavy atom. The van der Waals surface area contributed by atoms with Crippen molar-refractivity contribution in [1.82, 2.24) is 0 Å². The number of aliphatic hydroxyl groups is 1. The highest BCUT2D eigenvalue weighted by atomic mass is 16.3. The predicted molar refractivity (Wildman–Crippen MR) is 72.5 cm³/mol. The lowest BCUT2D eigenvalue weighted by atomic mass is 9.94. The average molecular weight is 233 g/mol. The Labute approximate surface area is 104 Å². The monoisotopic (exact) mass is 233 g/mol. The van der Waals surface area contributed by atoms with E-state index in [1.54, 1.807) is 0 Å². The summed E-state index contributed by atoms with van der Waals surface area (Å²) in [4.78, 5) is 2.43. The predicted octanol–water partition coefficient (Wildman–Crippen LogP) is 3.07.